The van der Waals surface area contributed by atoms with Crippen LogP contribution in [0, 0.1) is 5.82 Å². The van der Waals surface area contributed by atoms with E-state index in [0.717, 1.165) is 11.3 Å². The molecule has 0 fully saturated rings. The number of benzene rings is 2. The summed E-state index contributed by atoms with van der Waals surface area (Å²) >= 11 is 0. The van der Waals surface area contributed by atoms with Crippen LogP contribution < -0.4 is 14.8 Å². The van der Waals surface area contributed by atoms with Gasteiger partial charge in [0.05, 0.1) is 6.54 Å². The smallest absolute Gasteiger partial charge is 0.260 e. The number of halogens is 1. The molecule has 5 heteroatoms. The zero-order valence-electron chi connectivity index (χ0n) is 14.8. The second kappa shape index (κ2) is 9.06. The van der Waals surface area contributed by atoms with Crippen LogP contribution >= 0.6 is 0 Å². The third kappa shape index (κ3) is 5.78. The minimum absolute atomic E-state index is 0.245. The first kappa shape index (κ1) is 18.8. The lowest BCUT2D eigenvalue weighted by molar-refractivity contribution is -0.127. The molecule has 0 unspecified atom stereocenters. The first-order valence-corrected chi connectivity index (χ1v) is 8.39. The van der Waals surface area contributed by atoms with Crippen molar-refractivity contribution in [3.63, 3.8) is 0 Å². The third-order valence-corrected chi connectivity index (χ3v) is 3.70. The van der Waals surface area contributed by atoms with Gasteiger partial charge in [-0.2, -0.15) is 0 Å². The van der Waals surface area contributed by atoms with E-state index in [-0.39, 0.29) is 11.7 Å². The molecule has 0 aliphatic heterocycles. The molecule has 2 aromatic rings. The Balaban J connectivity index is 1.76. The van der Waals surface area contributed by atoms with Crippen LogP contribution in [0.1, 0.15) is 32.3 Å². The molecule has 0 radical (unpaired) electrons. The molecule has 0 aliphatic rings. The van der Waals surface area contributed by atoms with Crippen LogP contribution in [0.3, 0.4) is 0 Å². The summed E-state index contributed by atoms with van der Waals surface area (Å²) in [5.74, 6) is 1.07. The third-order valence-electron chi connectivity index (χ3n) is 3.70. The number of para-hydroxylation sites is 1. The van der Waals surface area contributed by atoms with Gasteiger partial charge >= 0.3 is 0 Å². The molecular weight excluding hydrogens is 321 g/mol. The Morgan fingerprint density at radius 1 is 1.08 bits per heavy atom. The highest BCUT2D eigenvalue weighted by molar-refractivity contribution is 5.80. The molecule has 2 aromatic carbocycles. The standard InChI is InChI=1S/C20H24FNO3/c1-14(2)18-6-4-5-7-19(18)24-13-12-22-20(23)15(3)25-17-10-8-16(21)9-11-17/h4-11,14-15H,12-13H2,1-3H3,(H,22,23)/t15-/m1/s1. The molecule has 0 aliphatic carbocycles. The minimum atomic E-state index is -0.673. The van der Waals surface area contributed by atoms with Gasteiger partial charge in [0.2, 0.25) is 0 Å². The summed E-state index contributed by atoms with van der Waals surface area (Å²) in [5.41, 5.74) is 1.14. The fourth-order valence-corrected chi connectivity index (χ4v) is 2.34. The molecular formula is C20H24FNO3. The van der Waals surface area contributed by atoms with E-state index < -0.39 is 6.10 Å². The number of nitrogens with one attached hydrogen (secondary N) is 1. The zero-order valence-corrected chi connectivity index (χ0v) is 14.8. The van der Waals surface area contributed by atoms with Crippen molar-refractivity contribution in [3.05, 3.63) is 59.9 Å². The number of ether oxygens (including phenoxy) is 2. The maximum Gasteiger partial charge on any atom is 0.260 e. The van der Waals surface area contributed by atoms with E-state index in [0.29, 0.717) is 24.8 Å². The minimum Gasteiger partial charge on any atom is -0.491 e. The van der Waals surface area contributed by atoms with Crippen LogP contribution in [0.15, 0.2) is 48.5 Å². The molecule has 25 heavy (non-hydrogen) atoms. The van der Waals surface area contributed by atoms with E-state index in [9.17, 15) is 9.18 Å². The number of amides is 1. The normalized spacial score (nSPS) is 11.9. The van der Waals surface area contributed by atoms with E-state index in [1.165, 1.54) is 24.3 Å². The summed E-state index contributed by atoms with van der Waals surface area (Å²) in [5, 5.41) is 2.77. The lowest BCUT2D eigenvalue weighted by atomic mass is 10.0. The van der Waals surface area contributed by atoms with Crippen LogP contribution in [0.5, 0.6) is 11.5 Å². The van der Waals surface area contributed by atoms with Gasteiger partial charge in [0, 0.05) is 0 Å². The number of hydrogen-bond donors (Lipinski definition) is 1. The highest BCUT2D eigenvalue weighted by Gasteiger charge is 2.14. The molecule has 1 atom stereocenters. The van der Waals surface area contributed by atoms with Gasteiger partial charge in [-0.3, -0.25) is 4.79 Å². The number of rotatable bonds is 8. The Bertz CT molecular complexity index is 686. The van der Waals surface area contributed by atoms with Gasteiger partial charge in [0.15, 0.2) is 6.10 Å². The summed E-state index contributed by atoms with van der Waals surface area (Å²) in [6, 6.07) is 13.4. The molecule has 0 aromatic heterocycles. The van der Waals surface area contributed by atoms with Gasteiger partial charge in [-0.05, 0) is 48.7 Å². The molecule has 0 bridgehead atoms. The van der Waals surface area contributed by atoms with Crippen molar-refractivity contribution in [3.8, 4) is 11.5 Å². The van der Waals surface area contributed by atoms with Gasteiger partial charge in [-0.1, -0.05) is 32.0 Å². The molecule has 0 spiro atoms. The SMILES string of the molecule is CC(C)c1ccccc1OCCNC(=O)[C@@H](C)Oc1ccc(F)cc1. The second-order valence-electron chi connectivity index (χ2n) is 6.05. The average Bonchev–Trinajstić information content (AvgIpc) is 2.60. The topological polar surface area (TPSA) is 47.6 Å². The van der Waals surface area contributed by atoms with Gasteiger partial charge in [0.1, 0.15) is 23.9 Å². The lowest BCUT2D eigenvalue weighted by Gasteiger charge is -2.16. The first-order chi connectivity index (χ1) is 12.0. The fourth-order valence-electron chi connectivity index (χ4n) is 2.34. The Hall–Kier alpha value is -2.56. The predicted molar refractivity (Wildman–Crippen MR) is 95.5 cm³/mol. The highest BCUT2D eigenvalue weighted by atomic mass is 19.1. The van der Waals surface area contributed by atoms with Gasteiger partial charge in [-0.15, -0.1) is 0 Å². The van der Waals surface area contributed by atoms with Gasteiger partial charge < -0.3 is 14.8 Å². The summed E-state index contributed by atoms with van der Waals surface area (Å²) in [6.07, 6.45) is -0.673. The maximum atomic E-state index is 12.9. The Morgan fingerprint density at radius 3 is 2.44 bits per heavy atom. The average molecular weight is 345 g/mol. The van der Waals surface area contributed by atoms with E-state index >= 15 is 0 Å². The van der Waals surface area contributed by atoms with E-state index in [2.05, 4.69) is 19.2 Å². The largest absolute Gasteiger partial charge is 0.491 e. The van der Waals surface area contributed by atoms with E-state index in [1.54, 1.807) is 6.92 Å². The first-order valence-electron chi connectivity index (χ1n) is 8.39. The molecule has 134 valence electrons. The van der Waals surface area contributed by atoms with Crippen molar-refractivity contribution in [1.29, 1.82) is 0 Å². The monoisotopic (exact) mass is 345 g/mol. The Labute approximate surface area is 148 Å². The van der Waals surface area contributed by atoms with Crippen LogP contribution in [-0.4, -0.2) is 25.2 Å². The summed E-state index contributed by atoms with van der Waals surface area (Å²) in [6.45, 7) is 6.62. The summed E-state index contributed by atoms with van der Waals surface area (Å²) in [7, 11) is 0. The Kier molecular flexibility index (Phi) is 6.81. The van der Waals surface area contributed by atoms with Gasteiger partial charge in [-0.25, -0.2) is 4.39 Å². The summed E-state index contributed by atoms with van der Waals surface area (Å²) < 4.78 is 24.1. The maximum absolute atomic E-state index is 12.9. The molecule has 4 nitrogen and oxygen atoms in total. The van der Waals surface area contributed by atoms with E-state index in [4.69, 9.17) is 9.47 Å². The van der Waals surface area contributed by atoms with Crippen LogP contribution in [0.2, 0.25) is 0 Å². The Morgan fingerprint density at radius 2 is 1.76 bits per heavy atom. The number of carbonyl (C=O) groups is 1. The molecule has 0 saturated heterocycles. The van der Waals surface area contributed by atoms with Gasteiger partial charge in [0.25, 0.3) is 5.91 Å². The summed E-state index contributed by atoms with van der Waals surface area (Å²) in [4.78, 5) is 12.0. The van der Waals surface area contributed by atoms with Crippen LogP contribution in [0.25, 0.3) is 0 Å². The van der Waals surface area contributed by atoms with Crippen molar-refractivity contribution in [2.24, 2.45) is 0 Å². The number of carbonyl (C=O) groups excluding carboxylic acids is 1. The van der Waals surface area contributed by atoms with Crippen molar-refractivity contribution in [2.75, 3.05) is 13.2 Å². The highest BCUT2D eigenvalue weighted by Crippen LogP contribution is 2.25. The second-order valence-corrected chi connectivity index (χ2v) is 6.05. The molecule has 2 rings (SSSR count). The molecule has 0 saturated carbocycles. The van der Waals surface area contributed by atoms with Crippen LogP contribution in [-0.2, 0) is 4.79 Å². The zero-order chi connectivity index (χ0) is 18.2. The fraction of sp³-hybridized carbons (Fsp3) is 0.350. The molecule has 0 heterocycles. The van der Waals surface area contributed by atoms with Crippen LogP contribution in [0.4, 0.5) is 4.39 Å². The molecule has 1 N–H and O–H groups in total. The lowest BCUT2D eigenvalue weighted by Crippen LogP contribution is -2.38. The predicted octanol–water partition coefficient (Wildman–Crippen LogP) is 3.91. The quantitative estimate of drug-likeness (QED) is 0.738. The van der Waals surface area contributed by atoms with Crippen molar-refractivity contribution in [2.45, 2.75) is 32.8 Å². The molecule has 1 amide bonds. The number of hydrogen-bond acceptors (Lipinski definition) is 3. The van der Waals surface area contributed by atoms with E-state index in [1.807, 2.05) is 24.3 Å². The van der Waals surface area contributed by atoms with Crippen molar-refractivity contribution in [1.82, 2.24) is 5.32 Å². The van der Waals surface area contributed by atoms with Crippen molar-refractivity contribution >= 4 is 5.91 Å². The van der Waals surface area contributed by atoms with Crippen molar-refractivity contribution < 1.29 is 18.7 Å².